The van der Waals surface area contributed by atoms with Crippen LogP contribution in [0.4, 0.5) is 5.69 Å². The van der Waals surface area contributed by atoms with E-state index in [1.807, 2.05) is 12.1 Å². The first kappa shape index (κ1) is 14.3. The van der Waals surface area contributed by atoms with Crippen LogP contribution in [0.3, 0.4) is 0 Å². The predicted octanol–water partition coefficient (Wildman–Crippen LogP) is 1.67. The van der Waals surface area contributed by atoms with E-state index in [2.05, 4.69) is 24.1 Å². The maximum Gasteiger partial charge on any atom is 0.178 e. The molecular formula is C14H22N2O2S. The van der Waals surface area contributed by atoms with E-state index in [1.165, 1.54) is 0 Å². The lowest BCUT2D eigenvalue weighted by atomic mass is 9.99. The molecule has 19 heavy (non-hydrogen) atoms. The van der Waals surface area contributed by atoms with Gasteiger partial charge in [0, 0.05) is 30.9 Å². The van der Waals surface area contributed by atoms with Crippen LogP contribution in [0.1, 0.15) is 20.8 Å². The van der Waals surface area contributed by atoms with Crippen molar-refractivity contribution in [2.24, 2.45) is 0 Å². The van der Waals surface area contributed by atoms with Crippen molar-refractivity contribution in [1.82, 2.24) is 5.32 Å². The average Bonchev–Trinajstić information content (AvgIpc) is 2.38. The summed E-state index contributed by atoms with van der Waals surface area (Å²) in [5.74, 6) is 0.144. The van der Waals surface area contributed by atoms with Crippen molar-refractivity contribution in [3.63, 3.8) is 0 Å². The monoisotopic (exact) mass is 282 g/mol. The van der Waals surface area contributed by atoms with Gasteiger partial charge in [-0.05, 0) is 38.1 Å². The van der Waals surface area contributed by atoms with Crippen molar-refractivity contribution in [3.05, 3.63) is 24.3 Å². The van der Waals surface area contributed by atoms with Crippen LogP contribution in [0.25, 0.3) is 0 Å². The fourth-order valence-corrected chi connectivity index (χ4v) is 3.35. The quantitative estimate of drug-likeness (QED) is 0.916. The lowest BCUT2D eigenvalue weighted by Gasteiger charge is -2.44. The van der Waals surface area contributed by atoms with E-state index in [1.54, 1.807) is 19.1 Å². The molecule has 1 aliphatic heterocycles. The Bertz CT molecular complexity index is 535. The fraction of sp³-hybridized carbons (Fsp3) is 0.571. The first-order valence-corrected chi connectivity index (χ1v) is 8.33. The SMILES string of the molecule is CCS(=O)(=O)c1ccc(N2CCNCC2(C)C)cc1. The van der Waals surface area contributed by atoms with Crippen molar-refractivity contribution in [1.29, 1.82) is 0 Å². The third-order valence-electron chi connectivity index (χ3n) is 3.69. The molecule has 0 amide bonds. The second kappa shape index (κ2) is 5.13. The lowest BCUT2D eigenvalue weighted by molar-refractivity contribution is 0.380. The predicted molar refractivity (Wildman–Crippen MR) is 78.5 cm³/mol. The van der Waals surface area contributed by atoms with Crippen LogP contribution in [0, 0.1) is 0 Å². The van der Waals surface area contributed by atoms with Crippen LogP contribution in [0.5, 0.6) is 0 Å². The van der Waals surface area contributed by atoms with E-state index in [0.717, 1.165) is 25.3 Å². The molecule has 5 heteroatoms. The van der Waals surface area contributed by atoms with Gasteiger partial charge in [0.25, 0.3) is 0 Å². The third-order valence-corrected chi connectivity index (χ3v) is 5.44. The summed E-state index contributed by atoms with van der Waals surface area (Å²) in [5, 5.41) is 3.38. The van der Waals surface area contributed by atoms with Gasteiger partial charge in [-0.25, -0.2) is 8.42 Å². The van der Waals surface area contributed by atoms with E-state index in [0.29, 0.717) is 4.90 Å². The van der Waals surface area contributed by atoms with E-state index < -0.39 is 9.84 Å². The number of anilines is 1. The Hall–Kier alpha value is -1.07. The highest BCUT2D eigenvalue weighted by Crippen LogP contribution is 2.26. The third kappa shape index (κ3) is 2.92. The molecule has 1 saturated heterocycles. The van der Waals surface area contributed by atoms with E-state index in [-0.39, 0.29) is 11.3 Å². The molecule has 0 atom stereocenters. The Labute approximate surface area is 115 Å². The first-order chi connectivity index (χ1) is 8.87. The molecule has 1 heterocycles. The van der Waals surface area contributed by atoms with Crippen LogP contribution in [-0.4, -0.2) is 39.3 Å². The largest absolute Gasteiger partial charge is 0.364 e. The second-order valence-electron chi connectivity index (χ2n) is 5.54. The van der Waals surface area contributed by atoms with Crippen LogP contribution in [0.15, 0.2) is 29.2 Å². The Kier molecular flexibility index (Phi) is 3.87. The number of piperazine rings is 1. The highest BCUT2D eigenvalue weighted by atomic mass is 32.2. The van der Waals surface area contributed by atoms with Gasteiger partial charge in [-0.1, -0.05) is 6.92 Å². The van der Waals surface area contributed by atoms with Gasteiger partial charge in [-0.15, -0.1) is 0 Å². The Morgan fingerprint density at radius 1 is 1.26 bits per heavy atom. The molecule has 1 aromatic carbocycles. The Morgan fingerprint density at radius 2 is 1.89 bits per heavy atom. The summed E-state index contributed by atoms with van der Waals surface area (Å²) < 4.78 is 23.6. The average molecular weight is 282 g/mol. The molecule has 0 unspecified atom stereocenters. The van der Waals surface area contributed by atoms with Gasteiger partial charge in [-0.3, -0.25) is 0 Å². The molecule has 4 nitrogen and oxygen atoms in total. The van der Waals surface area contributed by atoms with Gasteiger partial charge >= 0.3 is 0 Å². The second-order valence-corrected chi connectivity index (χ2v) is 7.82. The number of nitrogens with one attached hydrogen (secondary N) is 1. The van der Waals surface area contributed by atoms with Crippen LogP contribution >= 0.6 is 0 Å². The molecule has 106 valence electrons. The molecule has 1 aromatic rings. The molecule has 1 fully saturated rings. The molecular weight excluding hydrogens is 260 g/mol. The number of rotatable bonds is 3. The number of hydrogen-bond donors (Lipinski definition) is 1. The van der Waals surface area contributed by atoms with E-state index >= 15 is 0 Å². The van der Waals surface area contributed by atoms with Crippen molar-refractivity contribution < 1.29 is 8.42 Å². The Morgan fingerprint density at radius 3 is 2.42 bits per heavy atom. The van der Waals surface area contributed by atoms with Crippen LogP contribution in [0.2, 0.25) is 0 Å². The molecule has 0 spiro atoms. The number of sulfone groups is 1. The Balaban J connectivity index is 2.28. The van der Waals surface area contributed by atoms with Gasteiger partial charge in [0.1, 0.15) is 0 Å². The van der Waals surface area contributed by atoms with Crippen LogP contribution in [-0.2, 0) is 9.84 Å². The van der Waals surface area contributed by atoms with Gasteiger partial charge in [0.2, 0.25) is 0 Å². The van der Waals surface area contributed by atoms with Crippen molar-refractivity contribution in [2.75, 3.05) is 30.3 Å². The summed E-state index contributed by atoms with van der Waals surface area (Å²) in [7, 11) is -3.11. The minimum Gasteiger partial charge on any atom is -0.364 e. The highest BCUT2D eigenvalue weighted by molar-refractivity contribution is 7.91. The number of hydrogen-bond acceptors (Lipinski definition) is 4. The zero-order valence-corrected chi connectivity index (χ0v) is 12.6. The molecule has 1 N–H and O–H groups in total. The van der Waals surface area contributed by atoms with Crippen LogP contribution < -0.4 is 10.2 Å². The number of benzene rings is 1. The minimum atomic E-state index is -3.11. The number of nitrogens with zero attached hydrogens (tertiary/aromatic N) is 1. The summed E-state index contributed by atoms with van der Waals surface area (Å²) in [5.41, 5.74) is 1.13. The van der Waals surface area contributed by atoms with E-state index in [9.17, 15) is 8.42 Å². The zero-order chi connectivity index (χ0) is 14.1. The highest BCUT2D eigenvalue weighted by Gasteiger charge is 2.29. The summed E-state index contributed by atoms with van der Waals surface area (Å²) >= 11 is 0. The van der Waals surface area contributed by atoms with Crippen molar-refractivity contribution in [2.45, 2.75) is 31.2 Å². The first-order valence-electron chi connectivity index (χ1n) is 6.68. The molecule has 1 aliphatic rings. The maximum atomic E-state index is 11.8. The summed E-state index contributed by atoms with van der Waals surface area (Å²) in [6.07, 6.45) is 0. The molecule has 0 saturated carbocycles. The molecule has 0 aliphatic carbocycles. The van der Waals surface area contributed by atoms with Crippen molar-refractivity contribution in [3.8, 4) is 0 Å². The maximum absolute atomic E-state index is 11.8. The normalized spacial score (nSPS) is 19.4. The van der Waals surface area contributed by atoms with Gasteiger partial charge < -0.3 is 10.2 Å². The smallest absolute Gasteiger partial charge is 0.178 e. The van der Waals surface area contributed by atoms with E-state index in [4.69, 9.17) is 0 Å². The lowest BCUT2D eigenvalue weighted by Crippen LogP contribution is -2.58. The van der Waals surface area contributed by atoms with Gasteiger partial charge in [0.15, 0.2) is 9.84 Å². The molecule has 0 bridgehead atoms. The topological polar surface area (TPSA) is 49.4 Å². The molecule has 2 rings (SSSR count). The fourth-order valence-electron chi connectivity index (χ4n) is 2.46. The standard InChI is InChI=1S/C14H22N2O2S/c1-4-19(17,18)13-7-5-12(6-8-13)16-10-9-15-11-14(16,2)3/h5-8,15H,4,9-11H2,1-3H3. The molecule has 0 radical (unpaired) electrons. The molecule has 0 aromatic heterocycles. The summed E-state index contributed by atoms with van der Waals surface area (Å²) in [6, 6.07) is 7.25. The van der Waals surface area contributed by atoms with Crippen molar-refractivity contribution >= 4 is 15.5 Å². The van der Waals surface area contributed by atoms with Gasteiger partial charge in [0.05, 0.1) is 10.6 Å². The summed E-state index contributed by atoms with van der Waals surface area (Å²) in [4.78, 5) is 2.73. The summed E-state index contributed by atoms with van der Waals surface area (Å²) in [6.45, 7) is 8.88. The zero-order valence-electron chi connectivity index (χ0n) is 11.8. The minimum absolute atomic E-state index is 0.0450. The van der Waals surface area contributed by atoms with Gasteiger partial charge in [-0.2, -0.15) is 0 Å².